The van der Waals surface area contributed by atoms with Crippen molar-refractivity contribution in [2.75, 3.05) is 16.4 Å². The highest BCUT2D eigenvalue weighted by atomic mass is 32.1. The quantitative estimate of drug-likeness (QED) is 0.203. The predicted molar refractivity (Wildman–Crippen MR) is 129 cm³/mol. The summed E-state index contributed by atoms with van der Waals surface area (Å²) < 4.78 is 53.4. The molecule has 0 bridgehead atoms. The predicted octanol–water partition coefficient (Wildman–Crippen LogP) is 5.90. The van der Waals surface area contributed by atoms with Gasteiger partial charge < -0.3 is 21.7 Å². The summed E-state index contributed by atoms with van der Waals surface area (Å²) in [6.07, 6.45) is -4.57. The Bertz CT molecular complexity index is 1210. The van der Waals surface area contributed by atoms with Crippen LogP contribution in [0.2, 0.25) is 0 Å². The lowest BCUT2D eigenvalue weighted by Gasteiger charge is -2.29. The summed E-state index contributed by atoms with van der Waals surface area (Å²) in [5, 5.41) is 8.72. The zero-order chi connectivity index (χ0) is 25.1. The van der Waals surface area contributed by atoms with Crippen molar-refractivity contribution < 1.29 is 22.4 Å². The second-order valence-electron chi connectivity index (χ2n) is 8.02. The van der Waals surface area contributed by atoms with Crippen molar-refractivity contribution in [3.05, 3.63) is 89.2 Å². The van der Waals surface area contributed by atoms with Crippen LogP contribution < -0.4 is 21.7 Å². The topological polar surface area (TPSA) is 79.2 Å². The number of anilines is 3. The molecule has 0 unspecified atom stereocenters. The van der Waals surface area contributed by atoms with E-state index in [9.17, 15) is 22.4 Å². The lowest BCUT2D eigenvalue weighted by atomic mass is 9.92. The molecule has 3 aromatic carbocycles. The molecule has 0 heterocycles. The summed E-state index contributed by atoms with van der Waals surface area (Å²) in [5.74, 6) is -1.21. The van der Waals surface area contributed by atoms with Crippen LogP contribution in [0.5, 0.6) is 0 Å². The van der Waals surface area contributed by atoms with E-state index >= 15 is 0 Å². The summed E-state index contributed by atoms with van der Waals surface area (Å²) >= 11 is 5.32. The van der Waals surface area contributed by atoms with Gasteiger partial charge in [-0.3, -0.25) is 4.79 Å². The molecule has 0 aliphatic heterocycles. The smallest absolute Gasteiger partial charge is 0.398 e. The molecule has 3 aromatic rings. The fourth-order valence-corrected chi connectivity index (χ4v) is 3.56. The Morgan fingerprint density at radius 3 is 2.09 bits per heavy atom. The Hall–Kier alpha value is -3.66. The van der Waals surface area contributed by atoms with Crippen LogP contribution in [-0.2, 0) is 11.7 Å². The summed E-state index contributed by atoms with van der Waals surface area (Å²) in [4.78, 5) is 12.2. The molecule has 178 valence electrons. The molecule has 0 spiro atoms. The molecule has 0 atom stereocenters. The first kappa shape index (κ1) is 25.0. The third kappa shape index (κ3) is 6.02. The standard InChI is InChI=1S/C24H22F4N4OS/c1-23(2,14-7-12-20(29)18(13-14)24(26,27)28)32-22(34)31-16-10-8-15(9-11-16)30-21(33)17-5-3-4-6-19(17)25/h3-13H,29H2,1-2H3,(H,30,33)(H2,31,32,34). The van der Waals surface area contributed by atoms with Gasteiger partial charge in [-0.2, -0.15) is 13.2 Å². The number of hydrogen-bond donors (Lipinski definition) is 4. The first-order valence-electron chi connectivity index (χ1n) is 10.1. The second kappa shape index (κ2) is 9.68. The number of nitrogens with two attached hydrogens (primary N) is 1. The van der Waals surface area contributed by atoms with E-state index in [0.29, 0.717) is 16.9 Å². The summed E-state index contributed by atoms with van der Waals surface area (Å²) in [6.45, 7) is 3.38. The van der Waals surface area contributed by atoms with Crippen molar-refractivity contribution in [3.63, 3.8) is 0 Å². The number of benzene rings is 3. The van der Waals surface area contributed by atoms with Crippen molar-refractivity contribution in [1.29, 1.82) is 0 Å². The van der Waals surface area contributed by atoms with E-state index in [0.717, 1.165) is 6.07 Å². The average molecular weight is 491 g/mol. The van der Waals surface area contributed by atoms with Gasteiger partial charge in [0.2, 0.25) is 0 Å². The lowest BCUT2D eigenvalue weighted by molar-refractivity contribution is -0.137. The first-order chi connectivity index (χ1) is 15.9. The maximum Gasteiger partial charge on any atom is 0.418 e. The number of nitrogens with one attached hydrogen (secondary N) is 3. The van der Waals surface area contributed by atoms with E-state index in [2.05, 4.69) is 16.0 Å². The van der Waals surface area contributed by atoms with Gasteiger partial charge in [0.25, 0.3) is 5.91 Å². The van der Waals surface area contributed by atoms with Crippen LogP contribution >= 0.6 is 12.2 Å². The molecule has 0 radical (unpaired) electrons. The van der Waals surface area contributed by atoms with Gasteiger partial charge in [0.05, 0.1) is 16.7 Å². The monoisotopic (exact) mass is 490 g/mol. The number of hydrogen-bond acceptors (Lipinski definition) is 3. The molecule has 5 N–H and O–H groups in total. The molecule has 3 rings (SSSR count). The zero-order valence-electron chi connectivity index (χ0n) is 18.3. The molecule has 1 amide bonds. The van der Waals surface area contributed by atoms with E-state index in [-0.39, 0.29) is 16.4 Å². The average Bonchev–Trinajstić information content (AvgIpc) is 2.74. The van der Waals surface area contributed by atoms with Crippen molar-refractivity contribution in [1.82, 2.24) is 5.32 Å². The van der Waals surface area contributed by atoms with Gasteiger partial charge in [-0.15, -0.1) is 0 Å². The van der Waals surface area contributed by atoms with Gasteiger partial charge in [0.15, 0.2) is 5.11 Å². The molecule has 0 saturated heterocycles. The van der Waals surface area contributed by atoms with Gasteiger partial charge in [-0.1, -0.05) is 18.2 Å². The normalized spacial score (nSPS) is 11.6. The van der Waals surface area contributed by atoms with Gasteiger partial charge >= 0.3 is 6.18 Å². The van der Waals surface area contributed by atoms with Crippen LogP contribution in [0.15, 0.2) is 66.7 Å². The van der Waals surface area contributed by atoms with Gasteiger partial charge in [-0.25, -0.2) is 4.39 Å². The second-order valence-corrected chi connectivity index (χ2v) is 8.42. The number of alkyl halides is 3. The number of nitrogen functional groups attached to an aromatic ring is 1. The minimum atomic E-state index is -4.57. The van der Waals surface area contributed by atoms with Crippen molar-refractivity contribution in [2.24, 2.45) is 0 Å². The van der Waals surface area contributed by atoms with Crippen molar-refractivity contribution >= 4 is 40.3 Å². The Balaban J connectivity index is 1.65. The van der Waals surface area contributed by atoms with E-state index in [1.165, 1.54) is 30.3 Å². The van der Waals surface area contributed by atoms with E-state index < -0.39 is 29.0 Å². The van der Waals surface area contributed by atoms with Crippen molar-refractivity contribution in [3.8, 4) is 0 Å². The Morgan fingerprint density at radius 1 is 0.912 bits per heavy atom. The number of amides is 1. The van der Waals surface area contributed by atoms with E-state index in [1.54, 1.807) is 44.2 Å². The number of halogens is 4. The lowest BCUT2D eigenvalue weighted by Crippen LogP contribution is -2.43. The Morgan fingerprint density at radius 2 is 1.50 bits per heavy atom. The number of carbonyl (C=O) groups excluding carboxylic acids is 1. The van der Waals surface area contributed by atoms with E-state index in [1.807, 2.05) is 0 Å². The molecule has 0 fully saturated rings. The molecule has 0 aromatic heterocycles. The zero-order valence-corrected chi connectivity index (χ0v) is 19.1. The Labute approximate surface area is 199 Å². The molecular weight excluding hydrogens is 468 g/mol. The summed E-state index contributed by atoms with van der Waals surface area (Å²) in [7, 11) is 0. The fourth-order valence-electron chi connectivity index (χ4n) is 3.19. The molecular formula is C24H22F4N4OS. The molecule has 0 aliphatic rings. The third-order valence-electron chi connectivity index (χ3n) is 5.03. The van der Waals surface area contributed by atoms with E-state index in [4.69, 9.17) is 18.0 Å². The minimum Gasteiger partial charge on any atom is -0.398 e. The van der Waals surface area contributed by atoms with Crippen LogP contribution in [0, 0.1) is 5.82 Å². The highest BCUT2D eigenvalue weighted by molar-refractivity contribution is 7.80. The van der Waals surface area contributed by atoms with Crippen LogP contribution in [-0.4, -0.2) is 11.0 Å². The Kier molecular flexibility index (Phi) is 7.11. The fraction of sp³-hybridized carbons (Fsp3) is 0.167. The minimum absolute atomic E-state index is 0.0753. The number of rotatable bonds is 5. The number of carbonyl (C=O) groups is 1. The molecule has 5 nitrogen and oxygen atoms in total. The van der Waals surface area contributed by atoms with Crippen LogP contribution in [0.3, 0.4) is 0 Å². The molecule has 0 aliphatic carbocycles. The summed E-state index contributed by atoms with van der Waals surface area (Å²) in [5.41, 5.74) is 4.57. The van der Waals surface area contributed by atoms with Crippen LogP contribution in [0.1, 0.15) is 35.3 Å². The maximum atomic E-state index is 13.8. The van der Waals surface area contributed by atoms with Crippen LogP contribution in [0.25, 0.3) is 0 Å². The largest absolute Gasteiger partial charge is 0.418 e. The van der Waals surface area contributed by atoms with Crippen molar-refractivity contribution in [2.45, 2.75) is 25.6 Å². The number of thiocarbonyl (C=S) groups is 1. The highest BCUT2D eigenvalue weighted by Crippen LogP contribution is 2.36. The third-order valence-corrected chi connectivity index (χ3v) is 5.23. The maximum absolute atomic E-state index is 13.8. The van der Waals surface area contributed by atoms with Crippen LogP contribution in [0.4, 0.5) is 34.6 Å². The first-order valence-corrected chi connectivity index (χ1v) is 10.5. The highest BCUT2D eigenvalue weighted by Gasteiger charge is 2.34. The van der Waals surface area contributed by atoms with Gasteiger partial charge in [-0.05, 0) is 80.2 Å². The van der Waals surface area contributed by atoms with Gasteiger partial charge in [0, 0.05) is 17.1 Å². The molecule has 0 saturated carbocycles. The SMILES string of the molecule is CC(C)(NC(=S)Nc1ccc(NC(=O)c2ccccc2F)cc1)c1ccc(N)c(C(F)(F)F)c1. The summed E-state index contributed by atoms with van der Waals surface area (Å²) in [6, 6.07) is 15.8. The molecule has 34 heavy (non-hydrogen) atoms. The molecule has 10 heteroatoms. The van der Waals surface area contributed by atoms with Gasteiger partial charge in [0.1, 0.15) is 5.82 Å².